The van der Waals surface area contributed by atoms with Gasteiger partial charge in [-0.05, 0) is 92.3 Å². The number of hydrogen-bond acceptors (Lipinski definition) is 1. The van der Waals surface area contributed by atoms with Crippen LogP contribution in [-0.2, 0) is 0 Å². The number of hydrogen-bond donors (Lipinski definition) is 0. The number of anilines is 3. The summed E-state index contributed by atoms with van der Waals surface area (Å²) in [6.07, 6.45) is 0. The van der Waals surface area contributed by atoms with Crippen molar-refractivity contribution in [3.63, 3.8) is 0 Å². The number of benzene rings is 10. The van der Waals surface area contributed by atoms with Crippen molar-refractivity contribution in [1.82, 2.24) is 4.57 Å². The first-order chi connectivity index (χ1) is 27.8. The van der Waals surface area contributed by atoms with E-state index < -0.39 is 0 Å². The molecule has 10 aromatic carbocycles. The number of fused-ring (bicyclic) bond motifs is 9. The fourth-order valence-electron chi connectivity index (χ4n) is 8.77. The molecule has 11 aromatic rings. The lowest BCUT2D eigenvalue weighted by molar-refractivity contribution is 1.19. The molecule has 0 saturated heterocycles. The lowest BCUT2D eigenvalue weighted by atomic mass is 9.97. The maximum atomic E-state index is 2.46. The number of para-hydroxylation sites is 1. The highest BCUT2D eigenvalue weighted by molar-refractivity contribution is 6.32. The van der Waals surface area contributed by atoms with Crippen LogP contribution in [0.5, 0.6) is 0 Å². The molecule has 0 spiro atoms. The van der Waals surface area contributed by atoms with Crippen molar-refractivity contribution >= 4 is 71.2 Å². The zero-order valence-electron chi connectivity index (χ0n) is 30.7. The topological polar surface area (TPSA) is 8.17 Å². The third-order valence-electron chi connectivity index (χ3n) is 11.4. The Kier molecular flexibility index (Phi) is 7.53. The van der Waals surface area contributed by atoms with Crippen molar-refractivity contribution in [2.75, 3.05) is 4.90 Å². The Hall–Kier alpha value is -7.42. The molecule has 0 radical (unpaired) electrons. The summed E-state index contributed by atoms with van der Waals surface area (Å²) in [4.78, 5) is 2.38. The van der Waals surface area contributed by atoms with E-state index in [-0.39, 0.29) is 0 Å². The molecule has 1 heterocycles. The van der Waals surface area contributed by atoms with E-state index in [1.54, 1.807) is 0 Å². The fourth-order valence-corrected chi connectivity index (χ4v) is 8.77. The number of nitrogens with zero attached hydrogens (tertiary/aromatic N) is 2. The summed E-state index contributed by atoms with van der Waals surface area (Å²) in [5, 5.41) is 10.1. The van der Waals surface area contributed by atoms with Crippen LogP contribution in [0.3, 0.4) is 0 Å². The molecule has 0 aliphatic heterocycles. The summed E-state index contributed by atoms with van der Waals surface area (Å²) in [6, 6.07) is 79.3. The molecule has 0 saturated carbocycles. The van der Waals surface area contributed by atoms with Crippen LogP contribution in [0.2, 0.25) is 0 Å². The lowest BCUT2D eigenvalue weighted by Crippen LogP contribution is -2.10. The molecule has 0 N–H and O–H groups in total. The van der Waals surface area contributed by atoms with Crippen molar-refractivity contribution in [2.45, 2.75) is 0 Å². The molecule has 0 aliphatic carbocycles. The van der Waals surface area contributed by atoms with Crippen molar-refractivity contribution in [3.05, 3.63) is 218 Å². The first-order valence-corrected chi connectivity index (χ1v) is 19.3. The Bertz CT molecular complexity index is 3210. The van der Waals surface area contributed by atoms with Gasteiger partial charge in [0.1, 0.15) is 0 Å². The van der Waals surface area contributed by atoms with Crippen molar-refractivity contribution < 1.29 is 0 Å². The van der Waals surface area contributed by atoms with Crippen LogP contribution < -0.4 is 4.90 Å². The average Bonchev–Trinajstić information content (AvgIpc) is 3.63. The molecule has 0 amide bonds. The Morgan fingerprint density at radius 3 is 1.43 bits per heavy atom. The van der Waals surface area contributed by atoms with Crippen LogP contribution in [0, 0.1) is 0 Å². The van der Waals surface area contributed by atoms with Gasteiger partial charge < -0.3 is 9.47 Å². The Morgan fingerprint density at radius 1 is 0.304 bits per heavy atom. The molecule has 0 bridgehead atoms. The van der Waals surface area contributed by atoms with Crippen LogP contribution in [0.1, 0.15) is 0 Å². The molecule has 0 atom stereocenters. The second-order valence-corrected chi connectivity index (χ2v) is 14.5. The highest BCUT2D eigenvalue weighted by Gasteiger charge is 2.19. The van der Waals surface area contributed by atoms with Crippen LogP contribution in [0.25, 0.3) is 82.1 Å². The summed E-state index contributed by atoms with van der Waals surface area (Å²) >= 11 is 0. The zero-order chi connectivity index (χ0) is 37.0. The van der Waals surface area contributed by atoms with E-state index in [2.05, 4.69) is 228 Å². The van der Waals surface area contributed by atoms with E-state index in [1.807, 2.05) is 0 Å². The normalized spacial score (nSPS) is 11.6. The maximum Gasteiger partial charge on any atom is 0.0625 e. The van der Waals surface area contributed by atoms with E-state index in [0.717, 1.165) is 22.7 Å². The summed E-state index contributed by atoms with van der Waals surface area (Å²) in [5.74, 6) is 0. The van der Waals surface area contributed by atoms with Crippen molar-refractivity contribution in [1.29, 1.82) is 0 Å². The first kappa shape index (κ1) is 32.0. The lowest BCUT2D eigenvalue weighted by Gasteiger charge is -2.27. The van der Waals surface area contributed by atoms with Crippen LogP contribution in [0.4, 0.5) is 17.1 Å². The minimum absolute atomic E-state index is 1.11. The molecule has 56 heavy (non-hydrogen) atoms. The summed E-state index contributed by atoms with van der Waals surface area (Å²) in [7, 11) is 0. The molecule has 2 nitrogen and oxygen atoms in total. The van der Waals surface area contributed by atoms with E-state index >= 15 is 0 Å². The molecule has 262 valence electrons. The molecule has 2 heteroatoms. The van der Waals surface area contributed by atoms with E-state index in [9.17, 15) is 0 Å². The van der Waals surface area contributed by atoms with Gasteiger partial charge in [-0.15, -0.1) is 0 Å². The molecule has 0 fully saturated rings. The quantitative estimate of drug-likeness (QED) is 0.156. The monoisotopic (exact) mass is 712 g/mol. The Balaban J connectivity index is 1.00. The Morgan fingerprint density at radius 2 is 0.768 bits per heavy atom. The summed E-state index contributed by atoms with van der Waals surface area (Å²) in [6.45, 7) is 0. The fraction of sp³-hybridized carbons (Fsp3) is 0. The SMILES string of the molecule is c1ccc(-c2ccc(N(c3ccc(-c4ccc(-n5c6ccccc6c6c7ccccc7c7ccccc7c65)cc4)cc3)c3cccc4ccccc34)cc2)cc1. The van der Waals surface area contributed by atoms with Gasteiger partial charge in [-0.2, -0.15) is 0 Å². The standard InChI is InChI=1S/C54H36N2/c1-2-13-37(14-3-1)38-25-31-42(32-26-38)55(51-24-12-16-41-15-4-5-17-45(41)51)43-33-27-39(28-34-43)40-29-35-44(36-30-40)56-52-23-11-10-22-50(52)53-48-20-8-6-18-46(48)47-19-7-9-21-49(47)54(53)56/h1-36H. The van der Waals surface area contributed by atoms with Gasteiger partial charge in [-0.3, -0.25) is 0 Å². The third kappa shape index (κ3) is 5.19. The second kappa shape index (κ2) is 13.2. The van der Waals surface area contributed by atoms with Gasteiger partial charge >= 0.3 is 0 Å². The molecule has 11 rings (SSSR count). The van der Waals surface area contributed by atoms with Crippen molar-refractivity contribution in [3.8, 4) is 27.9 Å². The first-order valence-electron chi connectivity index (χ1n) is 19.3. The minimum atomic E-state index is 1.11. The Labute approximate surface area is 325 Å². The molecular weight excluding hydrogens is 677 g/mol. The molecule has 1 aromatic heterocycles. The smallest absolute Gasteiger partial charge is 0.0625 e. The molecular formula is C54H36N2. The van der Waals surface area contributed by atoms with Crippen molar-refractivity contribution in [2.24, 2.45) is 0 Å². The van der Waals surface area contributed by atoms with E-state index in [1.165, 1.54) is 76.4 Å². The van der Waals surface area contributed by atoms with E-state index in [4.69, 9.17) is 0 Å². The average molecular weight is 713 g/mol. The maximum absolute atomic E-state index is 2.46. The van der Waals surface area contributed by atoms with Gasteiger partial charge in [0.05, 0.1) is 16.7 Å². The number of rotatable bonds is 6. The summed E-state index contributed by atoms with van der Waals surface area (Å²) in [5.41, 5.74) is 11.8. The molecule has 0 aliphatic rings. The third-order valence-corrected chi connectivity index (χ3v) is 11.4. The minimum Gasteiger partial charge on any atom is -0.310 e. The van der Waals surface area contributed by atoms with Crippen LogP contribution in [0.15, 0.2) is 218 Å². The highest BCUT2D eigenvalue weighted by atomic mass is 15.1. The van der Waals surface area contributed by atoms with Gasteiger partial charge in [0, 0.05) is 38.6 Å². The van der Waals surface area contributed by atoms with Gasteiger partial charge in [0.2, 0.25) is 0 Å². The van der Waals surface area contributed by atoms with Gasteiger partial charge in [-0.25, -0.2) is 0 Å². The van der Waals surface area contributed by atoms with E-state index in [0.29, 0.717) is 0 Å². The van der Waals surface area contributed by atoms with Crippen LogP contribution in [-0.4, -0.2) is 4.57 Å². The molecule has 0 unspecified atom stereocenters. The predicted molar refractivity (Wildman–Crippen MR) is 239 cm³/mol. The van der Waals surface area contributed by atoms with Gasteiger partial charge in [0.15, 0.2) is 0 Å². The van der Waals surface area contributed by atoms with Gasteiger partial charge in [0.25, 0.3) is 0 Å². The summed E-state index contributed by atoms with van der Waals surface area (Å²) < 4.78 is 2.46. The van der Waals surface area contributed by atoms with Gasteiger partial charge in [-0.1, -0.05) is 170 Å². The number of aromatic nitrogens is 1. The zero-order valence-corrected chi connectivity index (χ0v) is 30.7. The van der Waals surface area contributed by atoms with Crippen LogP contribution >= 0.6 is 0 Å². The largest absolute Gasteiger partial charge is 0.310 e. The highest BCUT2D eigenvalue weighted by Crippen LogP contribution is 2.43. The predicted octanol–water partition coefficient (Wildman–Crippen LogP) is 15.0. The second-order valence-electron chi connectivity index (χ2n) is 14.5.